The summed E-state index contributed by atoms with van der Waals surface area (Å²) in [6.45, 7) is -0.756. The summed E-state index contributed by atoms with van der Waals surface area (Å²) in [6.07, 6.45) is -0.966. The molecule has 1 aliphatic heterocycles. The van der Waals surface area contributed by atoms with Gasteiger partial charge in [0.2, 0.25) is 12.0 Å². The molecule has 0 radical (unpaired) electrons. The molecule has 1 N–H and O–H groups in total. The molecule has 0 aliphatic carbocycles. The Bertz CT molecular complexity index is 919. The standard InChI is InChI=1S/C20H19ClN2O6/c1-23(10-18(24)22-14-7-3-2-6-13(14)21)19(25)12-28-20(26)17-11-27-15-8-4-5-9-16(15)29-17/h2-9,17H,10-12H2,1H3,(H,22,24)/t17-/m0/s1. The molecule has 3 rings (SSSR count). The van der Waals surface area contributed by atoms with Crippen molar-refractivity contribution >= 4 is 35.1 Å². The molecule has 1 atom stereocenters. The minimum Gasteiger partial charge on any atom is -0.485 e. The summed E-state index contributed by atoms with van der Waals surface area (Å²) in [7, 11) is 1.43. The second-order valence-electron chi connectivity index (χ2n) is 6.25. The summed E-state index contributed by atoms with van der Waals surface area (Å²) in [5, 5.41) is 3.00. The summed E-state index contributed by atoms with van der Waals surface area (Å²) in [5.74, 6) is -0.718. The Labute approximate surface area is 172 Å². The lowest BCUT2D eigenvalue weighted by atomic mass is 10.2. The highest BCUT2D eigenvalue weighted by atomic mass is 35.5. The number of ether oxygens (including phenoxy) is 3. The molecule has 2 aromatic rings. The van der Waals surface area contributed by atoms with Crippen LogP contribution in [0.2, 0.25) is 5.02 Å². The van der Waals surface area contributed by atoms with Crippen molar-refractivity contribution in [1.29, 1.82) is 0 Å². The fourth-order valence-electron chi connectivity index (χ4n) is 2.53. The number of fused-ring (bicyclic) bond motifs is 1. The number of amides is 2. The zero-order valence-electron chi connectivity index (χ0n) is 15.6. The van der Waals surface area contributed by atoms with Crippen molar-refractivity contribution in [1.82, 2.24) is 4.90 Å². The highest BCUT2D eigenvalue weighted by molar-refractivity contribution is 6.33. The summed E-state index contributed by atoms with van der Waals surface area (Å²) in [5.41, 5.74) is 0.446. The van der Waals surface area contributed by atoms with E-state index in [1.165, 1.54) is 7.05 Å². The summed E-state index contributed by atoms with van der Waals surface area (Å²) in [6, 6.07) is 13.7. The van der Waals surface area contributed by atoms with Crippen LogP contribution >= 0.6 is 11.6 Å². The van der Waals surface area contributed by atoms with E-state index in [0.29, 0.717) is 22.2 Å². The van der Waals surface area contributed by atoms with E-state index in [0.717, 1.165) is 4.90 Å². The van der Waals surface area contributed by atoms with Gasteiger partial charge in [-0.1, -0.05) is 35.9 Å². The molecule has 0 spiro atoms. The lowest BCUT2D eigenvalue weighted by Gasteiger charge is -2.25. The molecule has 0 bridgehead atoms. The number of hydrogen-bond acceptors (Lipinski definition) is 6. The molecule has 0 saturated carbocycles. The van der Waals surface area contributed by atoms with Crippen molar-refractivity contribution in [2.24, 2.45) is 0 Å². The van der Waals surface area contributed by atoms with E-state index in [1.807, 2.05) is 0 Å². The maximum Gasteiger partial charge on any atom is 0.351 e. The van der Waals surface area contributed by atoms with Gasteiger partial charge in [0.05, 0.1) is 17.3 Å². The van der Waals surface area contributed by atoms with Crippen molar-refractivity contribution in [2.45, 2.75) is 6.10 Å². The minimum absolute atomic E-state index is 0.0138. The van der Waals surface area contributed by atoms with Gasteiger partial charge in [-0.05, 0) is 24.3 Å². The molecule has 0 fully saturated rings. The molecular formula is C20H19ClN2O6. The summed E-state index contributed by atoms with van der Waals surface area (Å²) in [4.78, 5) is 37.5. The molecule has 8 nitrogen and oxygen atoms in total. The third-order valence-electron chi connectivity index (χ3n) is 4.06. The number of likely N-dealkylation sites (N-methyl/N-ethyl adjacent to an activating group) is 1. The van der Waals surface area contributed by atoms with Gasteiger partial charge in [-0.25, -0.2) is 4.79 Å². The first-order valence-electron chi connectivity index (χ1n) is 8.77. The van der Waals surface area contributed by atoms with Gasteiger partial charge in [0, 0.05) is 7.05 Å². The fourth-order valence-corrected chi connectivity index (χ4v) is 2.71. The Balaban J connectivity index is 1.44. The maximum atomic E-state index is 12.2. The SMILES string of the molecule is CN(CC(=O)Nc1ccccc1Cl)C(=O)COC(=O)[C@@H]1COc2ccccc2O1. The van der Waals surface area contributed by atoms with Crippen LogP contribution in [0, 0.1) is 0 Å². The molecule has 29 heavy (non-hydrogen) atoms. The van der Waals surface area contributed by atoms with E-state index in [2.05, 4.69) is 5.32 Å². The largest absolute Gasteiger partial charge is 0.485 e. The Hall–Kier alpha value is -3.26. The lowest BCUT2D eigenvalue weighted by Crippen LogP contribution is -2.41. The molecular weight excluding hydrogens is 400 g/mol. The van der Waals surface area contributed by atoms with Crippen molar-refractivity contribution in [2.75, 3.05) is 32.1 Å². The molecule has 1 aliphatic rings. The van der Waals surface area contributed by atoms with E-state index in [-0.39, 0.29) is 13.2 Å². The van der Waals surface area contributed by atoms with Crippen LogP contribution in [0.25, 0.3) is 0 Å². The number of anilines is 1. The minimum atomic E-state index is -0.966. The number of carbonyl (C=O) groups is 3. The van der Waals surface area contributed by atoms with Gasteiger partial charge in [-0.15, -0.1) is 0 Å². The first-order chi connectivity index (χ1) is 13.9. The topological polar surface area (TPSA) is 94.2 Å². The van der Waals surface area contributed by atoms with Gasteiger partial charge >= 0.3 is 5.97 Å². The van der Waals surface area contributed by atoms with Crippen LogP contribution in [0.3, 0.4) is 0 Å². The molecule has 0 saturated heterocycles. The van der Waals surface area contributed by atoms with Crippen LogP contribution in [0.4, 0.5) is 5.69 Å². The number of carbonyl (C=O) groups excluding carboxylic acids is 3. The maximum absolute atomic E-state index is 12.2. The van der Waals surface area contributed by atoms with Crippen molar-refractivity contribution in [3.8, 4) is 11.5 Å². The Morgan fingerprint density at radius 3 is 2.59 bits per heavy atom. The van der Waals surface area contributed by atoms with Crippen LogP contribution in [0.5, 0.6) is 11.5 Å². The normalized spacial score (nSPS) is 14.6. The molecule has 0 unspecified atom stereocenters. The smallest absolute Gasteiger partial charge is 0.351 e. The summed E-state index contributed by atoms with van der Waals surface area (Å²) < 4.78 is 16.0. The van der Waals surface area contributed by atoms with Gasteiger partial charge in [0.25, 0.3) is 5.91 Å². The quantitative estimate of drug-likeness (QED) is 0.722. The second kappa shape index (κ2) is 9.29. The van der Waals surface area contributed by atoms with Gasteiger partial charge in [0.1, 0.15) is 6.61 Å². The Kier molecular flexibility index (Phi) is 6.56. The van der Waals surface area contributed by atoms with Crippen LogP contribution in [-0.2, 0) is 19.1 Å². The number of esters is 1. The van der Waals surface area contributed by atoms with E-state index < -0.39 is 30.5 Å². The van der Waals surface area contributed by atoms with E-state index in [4.69, 9.17) is 25.8 Å². The van der Waals surface area contributed by atoms with Crippen LogP contribution < -0.4 is 14.8 Å². The monoisotopic (exact) mass is 418 g/mol. The molecule has 152 valence electrons. The first kappa shape index (κ1) is 20.5. The van der Waals surface area contributed by atoms with Crippen LogP contribution in [0.15, 0.2) is 48.5 Å². The van der Waals surface area contributed by atoms with Crippen molar-refractivity contribution in [3.63, 3.8) is 0 Å². The summed E-state index contributed by atoms with van der Waals surface area (Å²) >= 11 is 5.98. The molecule has 2 aromatic carbocycles. The van der Waals surface area contributed by atoms with E-state index in [1.54, 1.807) is 48.5 Å². The van der Waals surface area contributed by atoms with Crippen molar-refractivity contribution < 1.29 is 28.6 Å². The Morgan fingerprint density at radius 1 is 1.14 bits per heavy atom. The molecule has 1 heterocycles. The molecule has 0 aromatic heterocycles. The number of benzene rings is 2. The lowest BCUT2D eigenvalue weighted by molar-refractivity contribution is -0.159. The molecule has 9 heteroatoms. The van der Waals surface area contributed by atoms with Crippen LogP contribution in [-0.4, -0.2) is 55.6 Å². The number of para-hydroxylation sites is 3. The third kappa shape index (κ3) is 5.39. The van der Waals surface area contributed by atoms with Gasteiger partial charge in [0.15, 0.2) is 18.1 Å². The van der Waals surface area contributed by atoms with Crippen molar-refractivity contribution in [3.05, 3.63) is 53.6 Å². The first-order valence-corrected chi connectivity index (χ1v) is 9.15. The van der Waals surface area contributed by atoms with Gasteiger partial charge < -0.3 is 24.4 Å². The average molecular weight is 419 g/mol. The predicted octanol–water partition coefficient (Wildman–Crippen LogP) is 2.12. The Morgan fingerprint density at radius 2 is 1.83 bits per heavy atom. The van der Waals surface area contributed by atoms with E-state index >= 15 is 0 Å². The average Bonchev–Trinajstić information content (AvgIpc) is 2.73. The zero-order chi connectivity index (χ0) is 20.8. The predicted molar refractivity (Wildman–Crippen MR) is 105 cm³/mol. The van der Waals surface area contributed by atoms with Crippen LogP contribution in [0.1, 0.15) is 0 Å². The second-order valence-corrected chi connectivity index (χ2v) is 6.66. The number of rotatable bonds is 6. The van der Waals surface area contributed by atoms with Gasteiger partial charge in [-0.3, -0.25) is 9.59 Å². The number of nitrogens with zero attached hydrogens (tertiary/aromatic N) is 1. The highest BCUT2D eigenvalue weighted by Crippen LogP contribution is 2.31. The van der Waals surface area contributed by atoms with E-state index in [9.17, 15) is 14.4 Å². The number of nitrogens with one attached hydrogen (secondary N) is 1. The third-order valence-corrected chi connectivity index (χ3v) is 4.39. The highest BCUT2D eigenvalue weighted by Gasteiger charge is 2.29. The number of hydrogen-bond donors (Lipinski definition) is 1. The zero-order valence-corrected chi connectivity index (χ0v) is 16.3. The number of halogens is 1. The molecule has 2 amide bonds. The van der Waals surface area contributed by atoms with Gasteiger partial charge in [-0.2, -0.15) is 0 Å². The fraction of sp³-hybridized carbons (Fsp3) is 0.250.